The number of carbonyl (C=O) groups is 1. The molecule has 6 nitrogen and oxygen atoms in total. The van der Waals surface area contributed by atoms with E-state index < -0.39 is 6.23 Å². The van der Waals surface area contributed by atoms with Crippen molar-refractivity contribution in [3.63, 3.8) is 0 Å². The lowest BCUT2D eigenvalue weighted by atomic mass is 10.0. The highest BCUT2D eigenvalue weighted by Gasteiger charge is 2.09. The molecule has 0 saturated carbocycles. The van der Waals surface area contributed by atoms with Gasteiger partial charge < -0.3 is 24.8 Å². The molecule has 2 rings (SSSR count). The van der Waals surface area contributed by atoms with Crippen LogP contribution in [0, 0.1) is 0 Å². The molecule has 0 aliphatic heterocycles. The van der Waals surface area contributed by atoms with Crippen molar-refractivity contribution in [2.75, 3.05) is 20.8 Å². The molecule has 1 atom stereocenters. The van der Waals surface area contributed by atoms with E-state index in [-0.39, 0.29) is 6.03 Å². The third-order valence-corrected chi connectivity index (χ3v) is 4.34. The van der Waals surface area contributed by atoms with E-state index in [2.05, 4.69) is 24.5 Å². The summed E-state index contributed by atoms with van der Waals surface area (Å²) in [4.78, 5) is 12.1. The van der Waals surface area contributed by atoms with Crippen LogP contribution in [0.25, 0.3) is 0 Å². The number of hydrogen-bond donors (Lipinski definition) is 2. The Morgan fingerprint density at radius 2 is 1.64 bits per heavy atom. The van der Waals surface area contributed by atoms with E-state index in [1.165, 1.54) is 5.56 Å². The number of rotatable bonds is 9. The maximum atomic E-state index is 12.1. The molecule has 0 bridgehead atoms. The highest BCUT2D eigenvalue weighted by atomic mass is 16.5. The van der Waals surface area contributed by atoms with Gasteiger partial charge >= 0.3 is 6.03 Å². The fourth-order valence-electron chi connectivity index (χ4n) is 2.76. The quantitative estimate of drug-likeness (QED) is 0.637. The van der Waals surface area contributed by atoms with Crippen LogP contribution in [-0.4, -0.2) is 33.0 Å². The number of carbonyl (C=O) groups excluding carboxylic acids is 1. The molecule has 0 aliphatic rings. The predicted molar refractivity (Wildman–Crippen MR) is 110 cm³/mol. The third-order valence-electron chi connectivity index (χ3n) is 4.34. The molecular formula is C22H30N2O4. The summed E-state index contributed by atoms with van der Waals surface area (Å²) in [6.45, 7) is 6.58. The minimum atomic E-state index is -0.439. The van der Waals surface area contributed by atoms with Gasteiger partial charge in [0.1, 0.15) is 5.75 Å². The van der Waals surface area contributed by atoms with Crippen molar-refractivity contribution >= 4 is 6.03 Å². The normalized spacial score (nSPS) is 11.6. The van der Waals surface area contributed by atoms with Gasteiger partial charge in [0.05, 0.1) is 14.2 Å². The van der Waals surface area contributed by atoms with Crippen LogP contribution in [-0.2, 0) is 6.42 Å². The van der Waals surface area contributed by atoms with Gasteiger partial charge in [0.15, 0.2) is 17.7 Å². The van der Waals surface area contributed by atoms with Gasteiger partial charge in [0.2, 0.25) is 0 Å². The van der Waals surface area contributed by atoms with E-state index in [9.17, 15) is 4.79 Å². The second-order valence-corrected chi connectivity index (χ2v) is 6.82. The number of hydrogen-bond acceptors (Lipinski definition) is 4. The lowest BCUT2D eigenvalue weighted by Gasteiger charge is -2.17. The molecule has 0 aliphatic carbocycles. The van der Waals surface area contributed by atoms with E-state index >= 15 is 0 Å². The Hall–Kier alpha value is -2.89. The Balaban J connectivity index is 1.76. The first-order valence-electron chi connectivity index (χ1n) is 9.44. The Morgan fingerprint density at radius 1 is 0.964 bits per heavy atom. The third kappa shape index (κ3) is 6.37. The van der Waals surface area contributed by atoms with Crippen LogP contribution in [0.2, 0.25) is 0 Å². The number of urea groups is 1. The largest absolute Gasteiger partial charge is 0.493 e. The van der Waals surface area contributed by atoms with Crippen LogP contribution in [0.15, 0.2) is 42.5 Å². The predicted octanol–water partition coefficient (Wildman–Crippen LogP) is 4.09. The number of benzene rings is 2. The van der Waals surface area contributed by atoms with E-state index in [1.54, 1.807) is 21.1 Å². The highest BCUT2D eigenvalue weighted by Crippen LogP contribution is 2.27. The molecule has 152 valence electrons. The molecule has 0 aromatic heterocycles. The summed E-state index contributed by atoms with van der Waals surface area (Å²) in [6, 6.07) is 13.4. The number of nitrogens with one attached hydrogen (secondary N) is 2. The van der Waals surface area contributed by atoms with Gasteiger partial charge in [0, 0.05) is 6.54 Å². The summed E-state index contributed by atoms with van der Waals surface area (Å²) in [5, 5.41) is 5.61. The topological polar surface area (TPSA) is 68.8 Å². The molecule has 2 amide bonds. The van der Waals surface area contributed by atoms with E-state index in [0.29, 0.717) is 30.4 Å². The average Bonchev–Trinajstić information content (AvgIpc) is 2.68. The molecular weight excluding hydrogens is 356 g/mol. The van der Waals surface area contributed by atoms with Gasteiger partial charge in [-0.2, -0.15) is 0 Å². The summed E-state index contributed by atoms with van der Waals surface area (Å²) in [7, 11) is 3.20. The van der Waals surface area contributed by atoms with Crippen molar-refractivity contribution in [3.05, 3.63) is 53.6 Å². The average molecular weight is 386 g/mol. The summed E-state index contributed by atoms with van der Waals surface area (Å²) in [6.07, 6.45) is 0.241. The summed E-state index contributed by atoms with van der Waals surface area (Å²) < 4.78 is 16.3. The summed E-state index contributed by atoms with van der Waals surface area (Å²) >= 11 is 0. The summed E-state index contributed by atoms with van der Waals surface area (Å²) in [5.74, 6) is 2.56. The molecule has 6 heteroatoms. The molecule has 0 heterocycles. The van der Waals surface area contributed by atoms with Crippen LogP contribution in [0.3, 0.4) is 0 Å². The number of ether oxygens (including phenoxy) is 3. The molecule has 2 N–H and O–H groups in total. The van der Waals surface area contributed by atoms with Crippen molar-refractivity contribution in [3.8, 4) is 17.2 Å². The minimum Gasteiger partial charge on any atom is -0.493 e. The first kappa shape index (κ1) is 21.4. The van der Waals surface area contributed by atoms with Gasteiger partial charge in [-0.1, -0.05) is 32.0 Å². The second-order valence-electron chi connectivity index (χ2n) is 6.82. The van der Waals surface area contributed by atoms with Crippen molar-refractivity contribution in [1.82, 2.24) is 10.6 Å². The monoisotopic (exact) mass is 386 g/mol. The molecule has 2 aromatic carbocycles. The second kappa shape index (κ2) is 10.4. The lowest BCUT2D eigenvalue weighted by molar-refractivity contribution is 0.177. The maximum Gasteiger partial charge on any atom is 0.317 e. The van der Waals surface area contributed by atoms with Crippen molar-refractivity contribution in [2.24, 2.45) is 0 Å². The Bertz CT molecular complexity index is 760. The van der Waals surface area contributed by atoms with Crippen LogP contribution in [0.1, 0.15) is 37.8 Å². The Morgan fingerprint density at radius 3 is 2.25 bits per heavy atom. The maximum absolute atomic E-state index is 12.1. The number of methoxy groups -OCH3 is 2. The Kier molecular flexibility index (Phi) is 7.99. The van der Waals surface area contributed by atoms with Crippen LogP contribution in [0.5, 0.6) is 17.2 Å². The molecule has 1 unspecified atom stereocenters. The van der Waals surface area contributed by atoms with E-state index in [0.717, 1.165) is 11.3 Å². The fraction of sp³-hybridized carbons (Fsp3) is 0.409. The van der Waals surface area contributed by atoms with Gasteiger partial charge in [-0.25, -0.2) is 4.79 Å². The van der Waals surface area contributed by atoms with Gasteiger partial charge in [-0.15, -0.1) is 0 Å². The van der Waals surface area contributed by atoms with Crippen LogP contribution >= 0.6 is 0 Å². The van der Waals surface area contributed by atoms with Crippen molar-refractivity contribution in [2.45, 2.75) is 39.3 Å². The van der Waals surface area contributed by atoms with Gasteiger partial charge in [-0.05, 0) is 54.7 Å². The molecule has 2 aromatic rings. The molecule has 28 heavy (non-hydrogen) atoms. The molecule has 0 fully saturated rings. The zero-order valence-corrected chi connectivity index (χ0v) is 17.2. The molecule has 0 spiro atoms. The lowest BCUT2D eigenvalue weighted by Crippen LogP contribution is -2.43. The van der Waals surface area contributed by atoms with Crippen LogP contribution in [0.4, 0.5) is 4.79 Å². The first-order chi connectivity index (χ1) is 13.4. The molecule has 0 radical (unpaired) electrons. The molecule has 0 saturated heterocycles. The van der Waals surface area contributed by atoms with Gasteiger partial charge in [-0.3, -0.25) is 0 Å². The standard InChI is InChI=1S/C22H30N2O4/c1-15(2)18-7-9-19(10-8-18)28-16(3)24-22(25)23-13-12-17-6-11-20(26-4)21(14-17)27-5/h6-11,14-16H,12-13H2,1-5H3,(H2,23,24,25). The smallest absolute Gasteiger partial charge is 0.317 e. The number of amides is 2. The van der Waals surface area contributed by atoms with Crippen molar-refractivity contribution < 1.29 is 19.0 Å². The van der Waals surface area contributed by atoms with Gasteiger partial charge in [0.25, 0.3) is 0 Å². The highest BCUT2D eigenvalue weighted by molar-refractivity contribution is 5.74. The van der Waals surface area contributed by atoms with Crippen molar-refractivity contribution in [1.29, 1.82) is 0 Å². The fourth-order valence-corrected chi connectivity index (χ4v) is 2.76. The Labute approximate surface area is 167 Å². The zero-order valence-electron chi connectivity index (χ0n) is 17.2. The summed E-state index contributed by atoms with van der Waals surface area (Å²) in [5.41, 5.74) is 2.30. The minimum absolute atomic E-state index is 0.272. The van der Waals surface area contributed by atoms with E-state index in [1.807, 2.05) is 42.5 Å². The zero-order chi connectivity index (χ0) is 20.5. The van der Waals surface area contributed by atoms with Crippen LogP contribution < -0.4 is 24.8 Å². The SMILES string of the molecule is COc1ccc(CCNC(=O)NC(C)Oc2ccc(C(C)C)cc2)cc1OC. The first-order valence-corrected chi connectivity index (χ1v) is 9.44. The van der Waals surface area contributed by atoms with E-state index in [4.69, 9.17) is 14.2 Å².